The van der Waals surface area contributed by atoms with Gasteiger partial charge in [0.25, 0.3) is 0 Å². The third-order valence-corrected chi connectivity index (χ3v) is 2.66. The molecule has 0 unspecified atom stereocenters. The molecular weight excluding hydrogens is 279 g/mol. The average Bonchev–Trinajstić information content (AvgIpc) is 2.42. The summed E-state index contributed by atoms with van der Waals surface area (Å²) < 4.78 is 18.5. The zero-order valence-corrected chi connectivity index (χ0v) is 11.5. The van der Waals surface area contributed by atoms with Gasteiger partial charge >= 0.3 is 11.6 Å². The van der Waals surface area contributed by atoms with Crippen LogP contribution in [0.4, 0.5) is 15.9 Å². The summed E-state index contributed by atoms with van der Waals surface area (Å²) in [6, 6.07) is 3.87. The fourth-order valence-electron chi connectivity index (χ4n) is 1.73. The number of benzene rings is 1. The van der Waals surface area contributed by atoms with Crippen molar-refractivity contribution in [3.63, 3.8) is 0 Å². The van der Waals surface area contributed by atoms with E-state index in [1.807, 2.05) is 0 Å². The molecule has 0 aliphatic carbocycles. The Hall–Kier alpha value is -2.77. The quantitative estimate of drug-likeness (QED) is 0.672. The maximum atomic E-state index is 13.1. The van der Waals surface area contributed by atoms with E-state index in [0.717, 1.165) is 0 Å². The normalized spacial score (nSPS) is 10.2. The third-order valence-electron chi connectivity index (χ3n) is 2.66. The molecule has 0 aliphatic heterocycles. The van der Waals surface area contributed by atoms with Crippen LogP contribution in [0.15, 0.2) is 24.5 Å². The van der Waals surface area contributed by atoms with Gasteiger partial charge in [-0.05, 0) is 37.6 Å². The fourth-order valence-corrected chi connectivity index (χ4v) is 1.73. The molecule has 0 fully saturated rings. The number of ether oxygens (including phenoxy) is 1. The molecule has 1 N–H and O–H groups in total. The molecule has 0 spiro atoms. The van der Waals surface area contributed by atoms with Gasteiger partial charge in [-0.15, -0.1) is 0 Å². The van der Waals surface area contributed by atoms with Crippen LogP contribution in [-0.4, -0.2) is 21.4 Å². The molecule has 8 heteroatoms. The van der Waals surface area contributed by atoms with Crippen molar-refractivity contribution >= 4 is 11.5 Å². The number of halogens is 1. The van der Waals surface area contributed by atoms with Gasteiger partial charge in [0, 0.05) is 6.54 Å². The lowest BCUT2D eigenvalue weighted by Gasteiger charge is -2.09. The molecule has 0 radical (unpaired) electrons. The Bertz CT molecular complexity index is 678. The Labute approximate surface area is 120 Å². The van der Waals surface area contributed by atoms with E-state index in [9.17, 15) is 14.5 Å². The molecule has 1 aromatic heterocycles. The summed E-state index contributed by atoms with van der Waals surface area (Å²) in [6.45, 7) is 3.89. The average molecular weight is 292 g/mol. The number of rotatable bonds is 5. The maximum Gasteiger partial charge on any atom is 0.373 e. The van der Waals surface area contributed by atoms with Crippen molar-refractivity contribution in [2.24, 2.45) is 0 Å². The van der Waals surface area contributed by atoms with E-state index in [0.29, 0.717) is 17.9 Å². The lowest BCUT2D eigenvalue weighted by Crippen LogP contribution is -2.06. The van der Waals surface area contributed by atoms with Crippen LogP contribution < -0.4 is 10.1 Å². The van der Waals surface area contributed by atoms with Gasteiger partial charge in [0.1, 0.15) is 17.9 Å². The summed E-state index contributed by atoms with van der Waals surface area (Å²) in [7, 11) is 0. The summed E-state index contributed by atoms with van der Waals surface area (Å²) in [5.74, 6) is -0.237. The zero-order chi connectivity index (χ0) is 15.4. The van der Waals surface area contributed by atoms with Crippen LogP contribution in [0.3, 0.4) is 0 Å². The molecular formula is C13H13FN4O3. The van der Waals surface area contributed by atoms with Gasteiger partial charge in [-0.2, -0.15) is 4.98 Å². The predicted octanol–water partition coefficient (Wildman–Crippen LogP) is 3.06. The van der Waals surface area contributed by atoms with Crippen molar-refractivity contribution in [1.29, 1.82) is 0 Å². The summed E-state index contributed by atoms with van der Waals surface area (Å²) >= 11 is 0. The first kappa shape index (κ1) is 14.6. The molecule has 2 aromatic rings. The molecule has 0 atom stereocenters. The Morgan fingerprint density at radius 3 is 2.81 bits per heavy atom. The van der Waals surface area contributed by atoms with Crippen LogP contribution >= 0.6 is 0 Å². The predicted molar refractivity (Wildman–Crippen MR) is 74.1 cm³/mol. The van der Waals surface area contributed by atoms with Crippen molar-refractivity contribution in [3.8, 4) is 11.6 Å². The first-order valence-electron chi connectivity index (χ1n) is 6.20. The standard InChI is InChI=1S/C13H13FN4O3/c1-3-15-12-11(18(19)20)13(17-7-16-12)21-10-5-4-9(14)6-8(10)2/h4-7H,3H2,1-2H3,(H,15,16,17). The maximum absolute atomic E-state index is 13.1. The highest BCUT2D eigenvalue weighted by atomic mass is 19.1. The number of nitrogens with one attached hydrogen (secondary N) is 1. The molecule has 1 heterocycles. The van der Waals surface area contributed by atoms with Crippen LogP contribution in [0.5, 0.6) is 11.6 Å². The van der Waals surface area contributed by atoms with Crippen LogP contribution in [-0.2, 0) is 0 Å². The van der Waals surface area contributed by atoms with E-state index in [-0.39, 0.29) is 17.4 Å². The first-order valence-corrected chi connectivity index (χ1v) is 6.20. The van der Waals surface area contributed by atoms with Crippen molar-refractivity contribution in [3.05, 3.63) is 46.0 Å². The minimum Gasteiger partial charge on any atom is -0.433 e. The van der Waals surface area contributed by atoms with Gasteiger partial charge in [-0.25, -0.2) is 9.37 Å². The highest BCUT2D eigenvalue weighted by Crippen LogP contribution is 2.34. The molecule has 0 amide bonds. The minimum absolute atomic E-state index is 0.0762. The van der Waals surface area contributed by atoms with Crippen molar-refractivity contribution < 1.29 is 14.1 Å². The van der Waals surface area contributed by atoms with Gasteiger partial charge in [0.15, 0.2) is 0 Å². The van der Waals surface area contributed by atoms with E-state index in [1.165, 1.54) is 24.5 Å². The molecule has 2 rings (SSSR count). The SMILES string of the molecule is CCNc1ncnc(Oc2ccc(F)cc2C)c1[N+](=O)[O-]. The second-order valence-corrected chi connectivity index (χ2v) is 4.18. The topological polar surface area (TPSA) is 90.2 Å². The molecule has 110 valence electrons. The van der Waals surface area contributed by atoms with Crippen molar-refractivity contribution in [1.82, 2.24) is 9.97 Å². The van der Waals surface area contributed by atoms with E-state index in [1.54, 1.807) is 13.8 Å². The van der Waals surface area contributed by atoms with Crippen LogP contribution in [0.2, 0.25) is 0 Å². The number of hydrogen-bond donors (Lipinski definition) is 1. The van der Waals surface area contributed by atoms with Gasteiger partial charge in [-0.1, -0.05) is 0 Å². The molecule has 21 heavy (non-hydrogen) atoms. The zero-order valence-electron chi connectivity index (χ0n) is 11.5. The molecule has 7 nitrogen and oxygen atoms in total. The second kappa shape index (κ2) is 6.12. The van der Waals surface area contributed by atoms with Crippen molar-refractivity contribution in [2.45, 2.75) is 13.8 Å². The molecule has 0 bridgehead atoms. The third kappa shape index (κ3) is 3.22. The molecule has 1 aromatic carbocycles. The van der Waals surface area contributed by atoms with Crippen LogP contribution in [0, 0.1) is 22.9 Å². The van der Waals surface area contributed by atoms with Crippen LogP contribution in [0.1, 0.15) is 12.5 Å². The van der Waals surface area contributed by atoms with Gasteiger partial charge in [0.05, 0.1) is 4.92 Å². The lowest BCUT2D eigenvalue weighted by atomic mass is 10.2. The molecule has 0 aliphatic rings. The number of nitro groups is 1. The number of hydrogen-bond acceptors (Lipinski definition) is 6. The number of nitrogens with zero attached hydrogens (tertiary/aromatic N) is 3. The molecule has 0 saturated heterocycles. The largest absolute Gasteiger partial charge is 0.433 e. The van der Waals surface area contributed by atoms with Crippen LogP contribution in [0.25, 0.3) is 0 Å². The molecule has 0 saturated carbocycles. The van der Waals surface area contributed by atoms with E-state index in [4.69, 9.17) is 4.74 Å². The van der Waals surface area contributed by atoms with E-state index < -0.39 is 10.7 Å². The highest BCUT2D eigenvalue weighted by Gasteiger charge is 2.25. The fraction of sp³-hybridized carbons (Fsp3) is 0.231. The smallest absolute Gasteiger partial charge is 0.373 e. The summed E-state index contributed by atoms with van der Waals surface area (Å²) in [6.07, 6.45) is 1.17. The summed E-state index contributed by atoms with van der Waals surface area (Å²) in [5, 5.41) is 14.0. The Morgan fingerprint density at radius 2 is 2.19 bits per heavy atom. The highest BCUT2D eigenvalue weighted by molar-refractivity contribution is 5.61. The monoisotopic (exact) mass is 292 g/mol. The van der Waals surface area contributed by atoms with Gasteiger partial charge in [0.2, 0.25) is 5.82 Å². The van der Waals surface area contributed by atoms with E-state index >= 15 is 0 Å². The number of anilines is 1. The van der Waals surface area contributed by atoms with Crippen molar-refractivity contribution in [2.75, 3.05) is 11.9 Å². The Kier molecular flexibility index (Phi) is 4.27. The Morgan fingerprint density at radius 1 is 1.43 bits per heavy atom. The van der Waals surface area contributed by atoms with Gasteiger partial charge < -0.3 is 10.1 Å². The lowest BCUT2D eigenvalue weighted by molar-refractivity contribution is -0.385. The first-order chi connectivity index (χ1) is 10.0. The van der Waals surface area contributed by atoms with E-state index in [2.05, 4.69) is 15.3 Å². The summed E-state index contributed by atoms with van der Waals surface area (Å²) in [4.78, 5) is 18.2. The summed E-state index contributed by atoms with van der Waals surface area (Å²) in [5.41, 5.74) is 0.149. The Balaban J connectivity index is 2.43. The van der Waals surface area contributed by atoms with Gasteiger partial charge in [-0.3, -0.25) is 10.1 Å². The number of aryl methyl sites for hydroxylation is 1. The second-order valence-electron chi connectivity index (χ2n) is 4.18. The minimum atomic E-state index is -0.619. The number of aromatic nitrogens is 2.